The van der Waals surface area contributed by atoms with Gasteiger partial charge in [-0.15, -0.1) is 0 Å². The maximum absolute atomic E-state index is 10.2. The van der Waals surface area contributed by atoms with Crippen molar-refractivity contribution in [3.8, 4) is 0 Å². The highest BCUT2D eigenvalue weighted by Gasteiger charge is 2.22. The number of hydrogen-bond donors (Lipinski definition) is 3. The molecule has 0 spiro atoms. The van der Waals surface area contributed by atoms with Crippen LogP contribution in [0.4, 0.5) is 0 Å². The van der Waals surface area contributed by atoms with Crippen molar-refractivity contribution in [2.24, 2.45) is 5.50 Å². The minimum atomic E-state index is -4.30. The fourth-order valence-electron chi connectivity index (χ4n) is 0.217. The molecule has 8 heteroatoms. The monoisotopic (exact) mass is 175 g/mol. The summed E-state index contributed by atoms with van der Waals surface area (Å²) < 4.78 is 23.8. The molecular formula is CH7NO5P2. The summed E-state index contributed by atoms with van der Waals surface area (Å²) in [6.07, 6.45) is 0. The predicted molar refractivity (Wildman–Crippen MR) is 30.8 cm³/mol. The van der Waals surface area contributed by atoms with E-state index < -0.39 is 15.3 Å². The molecule has 0 fully saturated rings. The van der Waals surface area contributed by atoms with Crippen LogP contribution < -0.4 is 5.50 Å². The summed E-state index contributed by atoms with van der Waals surface area (Å²) in [5, 5.41) is 0. The van der Waals surface area contributed by atoms with Gasteiger partial charge >= 0.3 is 15.3 Å². The second-order valence-electron chi connectivity index (χ2n) is 1.45. The molecule has 0 aliphatic carbocycles. The maximum Gasteiger partial charge on any atom is 0.407 e. The summed E-state index contributed by atoms with van der Waals surface area (Å²) in [4.78, 5) is 16.4. The molecule has 0 aromatic rings. The van der Waals surface area contributed by atoms with E-state index in [0.29, 0.717) is 0 Å². The summed E-state index contributed by atoms with van der Waals surface area (Å²) in [5.74, 6) is 0. The Kier molecular flexibility index (Phi) is 2.58. The van der Waals surface area contributed by atoms with E-state index in [4.69, 9.17) is 9.79 Å². The third-order valence-electron chi connectivity index (χ3n) is 0.268. The van der Waals surface area contributed by atoms with Crippen LogP contribution in [0.3, 0.4) is 0 Å². The van der Waals surface area contributed by atoms with E-state index in [1.807, 2.05) is 0 Å². The average molecular weight is 175 g/mol. The molecule has 0 radical (unpaired) electrons. The summed E-state index contributed by atoms with van der Waals surface area (Å²) in [6.45, 7) is 0.767. The van der Waals surface area contributed by atoms with Crippen molar-refractivity contribution in [2.75, 3.05) is 6.66 Å². The second-order valence-corrected chi connectivity index (χ2v) is 4.84. The largest absolute Gasteiger partial charge is 0.407 e. The molecule has 2 atom stereocenters. The third-order valence-corrected chi connectivity index (χ3v) is 2.42. The quantitative estimate of drug-likeness (QED) is 0.504. The van der Waals surface area contributed by atoms with Crippen molar-refractivity contribution >= 4 is 15.3 Å². The second kappa shape index (κ2) is 2.50. The zero-order valence-corrected chi connectivity index (χ0v) is 6.38. The van der Waals surface area contributed by atoms with Gasteiger partial charge in [0.15, 0.2) is 0 Å². The Morgan fingerprint density at radius 2 is 1.78 bits per heavy atom. The standard InChI is InChI=1S/CH7NO5P2/c1-8(3,4)7-9(2,5)6/h1H3,(H,3,4)(H3,2,5,6). The van der Waals surface area contributed by atoms with E-state index in [9.17, 15) is 9.13 Å². The van der Waals surface area contributed by atoms with Gasteiger partial charge in [-0.25, -0.2) is 14.4 Å². The number of nitrogens with two attached hydrogens (primary N) is 1. The lowest BCUT2D eigenvalue weighted by Gasteiger charge is -2.07. The van der Waals surface area contributed by atoms with Gasteiger partial charge in [-0.2, -0.15) is 0 Å². The van der Waals surface area contributed by atoms with E-state index in [0.717, 1.165) is 6.66 Å². The average Bonchev–Trinajstić information content (AvgIpc) is 1.14. The highest BCUT2D eigenvalue weighted by atomic mass is 31.3. The van der Waals surface area contributed by atoms with Gasteiger partial charge in [0, 0.05) is 6.66 Å². The Labute approximate surface area is 51.8 Å². The van der Waals surface area contributed by atoms with Gasteiger partial charge in [0.25, 0.3) is 0 Å². The topological polar surface area (TPSA) is 110 Å². The van der Waals surface area contributed by atoms with Gasteiger partial charge < -0.3 is 9.79 Å². The first-order valence-corrected chi connectivity index (χ1v) is 5.51. The predicted octanol–water partition coefficient (Wildman–Crippen LogP) is -0.123. The van der Waals surface area contributed by atoms with Crippen LogP contribution in [0.1, 0.15) is 0 Å². The highest BCUT2D eigenvalue weighted by molar-refractivity contribution is 7.64. The van der Waals surface area contributed by atoms with Gasteiger partial charge in [-0.1, -0.05) is 0 Å². The third kappa shape index (κ3) is 8.30. The molecule has 0 saturated heterocycles. The molecule has 0 aromatic carbocycles. The molecule has 6 nitrogen and oxygen atoms in total. The molecule has 56 valence electrons. The fourth-order valence-corrected chi connectivity index (χ4v) is 1.95. The molecule has 2 unspecified atom stereocenters. The summed E-state index contributed by atoms with van der Waals surface area (Å²) in [5.41, 5.74) is 4.38. The van der Waals surface area contributed by atoms with Crippen LogP contribution in [0.2, 0.25) is 0 Å². The maximum atomic E-state index is 10.2. The molecule has 9 heavy (non-hydrogen) atoms. The van der Waals surface area contributed by atoms with Crippen LogP contribution in [-0.4, -0.2) is 16.5 Å². The van der Waals surface area contributed by atoms with Crippen LogP contribution in [0.25, 0.3) is 0 Å². The highest BCUT2D eigenvalue weighted by Crippen LogP contribution is 2.52. The molecular weight excluding hydrogens is 168 g/mol. The van der Waals surface area contributed by atoms with Crippen LogP contribution >= 0.6 is 15.3 Å². The van der Waals surface area contributed by atoms with Crippen LogP contribution in [0.15, 0.2) is 0 Å². The Bertz CT molecular complexity index is 155. The van der Waals surface area contributed by atoms with Gasteiger partial charge in [0.05, 0.1) is 0 Å². The smallest absolute Gasteiger partial charge is 0.324 e. The van der Waals surface area contributed by atoms with E-state index in [1.165, 1.54) is 0 Å². The molecule has 0 amide bonds. The zero-order valence-electron chi connectivity index (χ0n) is 4.59. The Hall–Kier alpha value is 0.300. The molecule has 0 bridgehead atoms. The van der Waals surface area contributed by atoms with Gasteiger partial charge in [0.1, 0.15) is 0 Å². The van der Waals surface area contributed by atoms with E-state index >= 15 is 0 Å². The van der Waals surface area contributed by atoms with Crippen molar-refractivity contribution in [3.05, 3.63) is 0 Å². The van der Waals surface area contributed by atoms with Crippen molar-refractivity contribution in [1.29, 1.82) is 0 Å². The molecule has 0 aliphatic heterocycles. The fraction of sp³-hybridized carbons (Fsp3) is 1.00. The SMILES string of the molecule is CP(=O)(O)OP(N)(=O)O. The summed E-state index contributed by atoms with van der Waals surface area (Å²) >= 11 is 0. The van der Waals surface area contributed by atoms with E-state index in [2.05, 4.69) is 9.81 Å². The molecule has 0 heterocycles. The minimum Gasteiger partial charge on any atom is -0.324 e. The number of hydrogen-bond acceptors (Lipinski definition) is 3. The first-order valence-electron chi connectivity index (χ1n) is 1.84. The van der Waals surface area contributed by atoms with Gasteiger partial charge in [-0.05, 0) is 0 Å². The Morgan fingerprint density at radius 1 is 1.44 bits per heavy atom. The van der Waals surface area contributed by atoms with Crippen LogP contribution in [-0.2, 0) is 13.4 Å². The lowest BCUT2D eigenvalue weighted by Crippen LogP contribution is -1.95. The molecule has 0 aromatic heterocycles. The van der Waals surface area contributed by atoms with Gasteiger partial charge in [-0.3, -0.25) is 4.57 Å². The van der Waals surface area contributed by atoms with Crippen LogP contribution in [0.5, 0.6) is 0 Å². The lowest BCUT2D eigenvalue weighted by molar-refractivity contribution is 0.337. The van der Waals surface area contributed by atoms with Crippen molar-refractivity contribution in [2.45, 2.75) is 0 Å². The molecule has 0 saturated carbocycles. The summed E-state index contributed by atoms with van der Waals surface area (Å²) in [7, 11) is -8.23. The lowest BCUT2D eigenvalue weighted by atomic mass is 12.0. The normalized spacial score (nSPS) is 24.4. The zero-order chi connectivity index (χ0) is 7.71. The van der Waals surface area contributed by atoms with Crippen LogP contribution in [0, 0.1) is 0 Å². The summed E-state index contributed by atoms with van der Waals surface area (Å²) in [6, 6.07) is 0. The van der Waals surface area contributed by atoms with E-state index in [1.54, 1.807) is 0 Å². The van der Waals surface area contributed by atoms with Gasteiger partial charge in [0.2, 0.25) is 0 Å². The number of rotatable bonds is 2. The Balaban J connectivity index is 4.07. The molecule has 0 rings (SSSR count). The van der Waals surface area contributed by atoms with E-state index in [-0.39, 0.29) is 0 Å². The molecule has 4 N–H and O–H groups in total. The first kappa shape index (κ1) is 9.30. The van der Waals surface area contributed by atoms with Crippen molar-refractivity contribution in [1.82, 2.24) is 0 Å². The van der Waals surface area contributed by atoms with Crippen molar-refractivity contribution in [3.63, 3.8) is 0 Å². The van der Waals surface area contributed by atoms with Crippen molar-refractivity contribution < 1.29 is 23.2 Å². The minimum absolute atomic E-state index is 0.767. The molecule has 0 aliphatic rings. The first-order chi connectivity index (χ1) is 3.71. The Morgan fingerprint density at radius 3 is 1.78 bits per heavy atom.